The minimum absolute atomic E-state index is 0.193. The first-order valence-corrected chi connectivity index (χ1v) is 11.5. The zero-order valence-electron chi connectivity index (χ0n) is 19.6. The standard InChI is InChI=1S/C26H27N5O4/c1-16(2)23-27-14-21(15-28-23)30-26(35)31-13-3-4-22(31)24(32)29-20-11-9-18(10-12-20)17-5-7-19(8-6-17)25(33)34/h5-12,14-16,22H,3-4,13H2,1-2H3,(H,29,32)(H,30,35)(H,33,34)/t22-/m1/s1. The Balaban J connectivity index is 1.37. The van der Waals surface area contributed by atoms with Crippen molar-refractivity contribution in [2.75, 3.05) is 17.2 Å². The molecule has 3 aromatic rings. The first-order valence-electron chi connectivity index (χ1n) is 11.5. The predicted molar refractivity (Wildman–Crippen MR) is 132 cm³/mol. The van der Waals surface area contributed by atoms with E-state index in [2.05, 4.69) is 20.6 Å². The van der Waals surface area contributed by atoms with Crippen molar-refractivity contribution >= 4 is 29.3 Å². The average Bonchev–Trinajstić information content (AvgIpc) is 3.35. The lowest BCUT2D eigenvalue weighted by Gasteiger charge is -2.24. The molecule has 1 saturated heterocycles. The number of urea groups is 1. The van der Waals surface area contributed by atoms with Gasteiger partial charge in [0, 0.05) is 18.2 Å². The van der Waals surface area contributed by atoms with Crippen molar-refractivity contribution < 1.29 is 19.5 Å². The molecule has 0 aliphatic carbocycles. The summed E-state index contributed by atoms with van der Waals surface area (Å²) in [6.07, 6.45) is 4.46. The van der Waals surface area contributed by atoms with Gasteiger partial charge in [-0.3, -0.25) is 4.79 Å². The third-order valence-corrected chi connectivity index (χ3v) is 5.87. The highest BCUT2D eigenvalue weighted by Gasteiger charge is 2.34. The van der Waals surface area contributed by atoms with Gasteiger partial charge in [-0.1, -0.05) is 38.1 Å². The Bertz CT molecular complexity index is 1210. The number of likely N-dealkylation sites (tertiary alicyclic amines) is 1. The van der Waals surface area contributed by atoms with Crippen LogP contribution < -0.4 is 10.6 Å². The molecule has 0 spiro atoms. The van der Waals surface area contributed by atoms with E-state index < -0.39 is 12.0 Å². The fourth-order valence-electron chi connectivity index (χ4n) is 3.96. The molecule has 0 saturated carbocycles. The van der Waals surface area contributed by atoms with Gasteiger partial charge in [0.1, 0.15) is 11.9 Å². The van der Waals surface area contributed by atoms with Gasteiger partial charge in [-0.05, 0) is 48.2 Å². The van der Waals surface area contributed by atoms with Gasteiger partial charge in [-0.25, -0.2) is 19.6 Å². The van der Waals surface area contributed by atoms with Crippen LogP contribution in [0.25, 0.3) is 11.1 Å². The molecule has 1 fully saturated rings. The molecule has 0 unspecified atom stereocenters. The molecule has 0 bridgehead atoms. The number of nitrogens with one attached hydrogen (secondary N) is 2. The fourth-order valence-corrected chi connectivity index (χ4v) is 3.96. The SMILES string of the molecule is CC(C)c1ncc(NC(=O)N2CCC[C@@H]2C(=O)Nc2ccc(-c3ccc(C(=O)O)cc3)cc2)cn1. The van der Waals surface area contributed by atoms with Gasteiger partial charge >= 0.3 is 12.0 Å². The Labute approximate surface area is 203 Å². The summed E-state index contributed by atoms with van der Waals surface area (Å²) in [4.78, 5) is 46.8. The van der Waals surface area contributed by atoms with Crippen molar-refractivity contribution in [3.63, 3.8) is 0 Å². The number of amides is 3. The van der Waals surface area contributed by atoms with Crippen LogP contribution in [0.1, 0.15) is 48.8 Å². The van der Waals surface area contributed by atoms with Gasteiger partial charge in [0.2, 0.25) is 5.91 Å². The van der Waals surface area contributed by atoms with E-state index in [1.54, 1.807) is 48.8 Å². The second kappa shape index (κ2) is 10.3. The Kier molecular flexibility index (Phi) is 7.05. The molecule has 1 aliphatic rings. The summed E-state index contributed by atoms with van der Waals surface area (Å²) in [5.74, 6) is -0.327. The summed E-state index contributed by atoms with van der Waals surface area (Å²) in [5.41, 5.74) is 3.09. The van der Waals surface area contributed by atoms with E-state index in [-0.39, 0.29) is 23.4 Å². The second-order valence-corrected chi connectivity index (χ2v) is 8.72. The third-order valence-electron chi connectivity index (χ3n) is 5.87. The Morgan fingerprint density at radius 1 is 0.914 bits per heavy atom. The summed E-state index contributed by atoms with van der Waals surface area (Å²) >= 11 is 0. The summed E-state index contributed by atoms with van der Waals surface area (Å²) in [7, 11) is 0. The first-order chi connectivity index (χ1) is 16.8. The van der Waals surface area contributed by atoms with Crippen LogP contribution in [0.2, 0.25) is 0 Å². The zero-order valence-corrected chi connectivity index (χ0v) is 19.6. The number of benzene rings is 2. The summed E-state index contributed by atoms with van der Waals surface area (Å²) in [6, 6.07) is 12.9. The van der Waals surface area contributed by atoms with Crippen LogP contribution in [-0.2, 0) is 4.79 Å². The maximum atomic E-state index is 12.9. The first kappa shape index (κ1) is 23.9. The lowest BCUT2D eigenvalue weighted by molar-refractivity contribution is -0.119. The van der Waals surface area contributed by atoms with E-state index in [0.717, 1.165) is 17.5 Å². The van der Waals surface area contributed by atoms with Crippen molar-refractivity contribution in [2.24, 2.45) is 0 Å². The molecule has 0 radical (unpaired) electrons. The summed E-state index contributed by atoms with van der Waals surface area (Å²) in [6.45, 7) is 4.47. The lowest BCUT2D eigenvalue weighted by atomic mass is 10.0. The third kappa shape index (κ3) is 5.63. The van der Waals surface area contributed by atoms with Crippen molar-refractivity contribution in [3.8, 4) is 11.1 Å². The van der Waals surface area contributed by atoms with Crippen molar-refractivity contribution in [1.29, 1.82) is 0 Å². The molecule has 2 heterocycles. The maximum absolute atomic E-state index is 12.9. The number of aromatic carboxylic acids is 1. The molecule has 1 atom stereocenters. The van der Waals surface area contributed by atoms with Crippen LogP contribution in [0, 0.1) is 0 Å². The quantitative estimate of drug-likeness (QED) is 0.481. The molecule has 4 rings (SSSR count). The average molecular weight is 474 g/mol. The van der Waals surface area contributed by atoms with Crippen LogP contribution in [0.5, 0.6) is 0 Å². The molecular formula is C26H27N5O4. The fraction of sp³-hybridized carbons (Fsp3) is 0.269. The van der Waals surface area contributed by atoms with Gasteiger partial charge in [0.05, 0.1) is 23.6 Å². The largest absolute Gasteiger partial charge is 0.478 e. The Morgan fingerprint density at radius 3 is 2.09 bits per heavy atom. The highest BCUT2D eigenvalue weighted by atomic mass is 16.4. The van der Waals surface area contributed by atoms with Crippen LogP contribution in [0.15, 0.2) is 60.9 Å². The van der Waals surface area contributed by atoms with E-state index in [4.69, 9.17) is 5.11 Å². The van der Waals surface area contributed by atoms with Gasteiger partial charge in [-0.2, -0.15) is 0 Å². The lowest BCUT2D eigenvalue weighted by Crippen LogP contribution is -2.45. The Morgan fingerprint density at radius 2 is 1.51 bits per heavy atom. The zero-order chi connectivity index (χ0) is 24.9. The van der Waals surface area contributed by atoms with Gasteiger partial charge in [0.25, 0.3) is 0 Å². The number of rotatable bonds is 6. The van der Waals surface area contributed by atoms with Crippen LogP contribution in [0.3, 0.4) is 0 Å². The molecule has 2 aromatic carbocycles. The second-order valence-electron chi connectivity index (χ2n) is 8.72. The number of carbonyl (C=O) groups is 3. The van der Waals surface area contributed by atoms with Gasteiger partial charge in [0.15, 0.2) is 0 Å². The molecule has 3 N–H and O–H groups in total. The number of carboxylic acids is 1. The Hall–Kier alpha value is -4.27. The number of hydrogen-bond donors (Lipinski definition) is 3. The molecule has 35 heavy (non-hydrogen) atoms. The predicted octanol–water partition coefficient (Wildman–Crippen LogP) is 4.60. The van der Waals surface area contributed by atoms with E-state index in [1.165, 1.54) is 4.90 Å². The molecule has 1 aliphatic heterocycles. The van der Waals surface area contributed by atoms with E-state index >= 15 is 0 Å². The van der Waals surface area contributed by atoms with Crippen molar-refractivity contribution in [3.05, 3.63) is 72.3 Å². The van der Waals surface area contributed by atoms with Crippen LogP contribution >= 0.6 is 0 Å². The smallest absolute Gasteiger partial charge is 0.335 e. The van der Waals surface area contributed by atoms with E-state index in [0.29, 0.717) is 30.2 Å². The highest BCUT2D eigenvalue weighted by molar-refractivity contribution is 5.99. The van der Waals surface area contributed by atoms with Crippen LogP contribution in [0.4, 0.5) is 16.2 Å². The van der Waals surface area contributed by atoms with Crippen molar-refractivity contribution in [1.82, 2.24) is 14.9 Å². The number of carbonyl (C=O) groups excluding carboxylic acids is 2. The van der Waals surface area contributed by atoms with Gasteiger partial charge in [-0.15, -0.1) is 0 Å². The molecule has 9 nitrogen and oxygen atoms in total. The molecule has 3 amide bonds. The minimum Gasteiger partial charge on any atom is -0.478 e. The monoisotopic (exact) mass is 473 g/mol. The van der Waals surface area contributed by atoms with Crippen molar-refractivity contribution in [2.45, 2.75) is 38.6 Å². The van der Waals surface area contributed by atoms with E-state index in [1.807, 2.05) is 26.0 Å². The summed E-state index contributed by atoms with van der Waals surface area (Å²) in [5, 5.41) is 14.7. The summed E-state index contributed by atoms with van der Waals surface area (Å²) < 4.78 is 0. The number of hydrogen-bond acceptors (Lipinski definition) is 5. The highest BCUT2D eigenvalue weighted by Crippen LogP contribution is 2.24. The van der Waals surface area contributed by atoms with Gasteiger partial charge < -0.3 is 20.6 Å². The molecule has 180 valence electrons. The number of nitrogens with zero attached hydrogens (tertiary/aromatic N) is 3. The normalized spacial score (nSPS) is 15.2. The molecule has 1 aromatic heterocycles. The van der Waals surface area contributed by atoms with E-state index in [9.17, 15) is 14.4 Å². The molecule has 9 heteroatoms. The number of anilines is 2. The van der Waals surface area contributed by atoms with Crippen LogP contribution in [-0.4, -0.2) is 50.5 Å². The number of aromatic nitrogens is 2. The maximum Gasteiger partial charge on any atom is 0.335 e. The topological polar surface area (TPSA) is 125 Å². The molecular weight excluding hydrogens is 446 g/mol. The minimum atomic E-state index is -0.971. The number of carboxylic acid groups (broad SMARTS) is 1.